The smallest absolute Gasteiger partial charge is 0.350 e. The predicted molar refractivity (Wildman–Crippen MR) is 136 cm³/mol. The Labute approximate surface area is 195 Å². The number of nitrogens with zero attached hydrogens (tertiary/aromatic N) is 4. The van der Waals surface area contributed by atoms with Gasteiger partial charge in [0, 0.05) is 37.3 Å². The third kappa shape index (κ3) is 4.82. The van der Waals surface area contributed by atoms with Crippen LogP contribution in [0.25, 0.3) is 28.0 Å². The monoisotopic (exact) mass is 452 g/mol. The van der Waals surface area contributed by atoms with Gasteiger partial charge < -0.3 is 14.4 Å². The Hall–Kier alpha value is -3.48. The van der Waals surface area contributed by atoms with Crippen molar-refractivity contribution in [1.29, 1.82) is 0 Å². The second-order valence-corrected chi connectivity index (χ2v) is 7.50. The van der Waals surface area contributed by atoms with E-state index in [1.54, 1.807) is 17.7 Å². The van der Waals surface area contributed by atoms with E-state index in [9.17, 15) is 9.90 Å². The summed E-state index contributed by atoms with van der Waals surface area (Å²) < 4.78 is 10.4. The highest BCUT2D eigenvalue weighted by molar-refractivity contribution is 5.82. The molecule has 2 aromatic heterocycles. The molecule has 0 bridgehead atoms. The molecule has 0 unspecified atom stereocenters. The zero-order chi connectivity index (χ0) is 24.9. The largest absolute Gasteiger partial charge is 0.508 e. The molecule has 0 amide bonds. The summed E-state index contributed by atoms with van der Waals surface area (Å²) in [5.74, 6) is 1.19. The van der Waals surface area contributed by atoms with Crippen molar-refractivity contribution in [3.8, 4) is 28.6 Å². The van der Waals surface area contributed by atoms with E-state index in [2.05, 4.69) is 5.10 Å². The number of aromatic nitrogens is 4. The van der Waals surface area contributed by atoms with Gasteiger partial charge in [-0.25, -0.2) is 14.0 Å². The molecule has 7 heteroatoms. The molecule has 0 atom stereocenters. The number of ether oxygens (including phenoxy) is 1. The molecule has 2 heterocycles. The summed E-state index contributed by atoms with van der Waals surface area (Å²) >= 11 is 0. The molecular weight excluding hydrogens is 416 g/mol. The van der Waals surface area contributed by atoms with Crippen LogP contribution in [0, 0.1) is 0 Å². The van der Waals surface area contributed by atoms with Crippen molar-refractivity contribution in [1.82, 2.24) is 18.9 Å². The van der Waals surface area contributed by atoms with Crippen molar-refractivity contribution in [2.24, 2.45) is 14.1 Å². The molecule has 0 fully saturated rings. The van der Waals surface area contributed by atoms with E-state index in [4.69, 9.17) is 4.74 Å². The average molecular weight is 453 g/mol. The van der Waals surface area contributed by atoms with Gasteiger partial charge in [0.15, 0.2) is 5.82 Å². The number of phenols is 1. The third-order valence-corrected chi connectivity index (χ3v) is 5.26. The first-order valence-electron chi connectivity index (χ1n) is 11.4. The molecule has 4 aromatic rings. The van der Waals surface area contributed by atoms with E-state index < -0.39 is 0 Å². The van der Waals surface area contributed by atoms with Crippen molar-refractivity contribution in [2.75, 3.05) is 7.11 Å². The Morgan fingerprint density at radius 2 is 1.67 bits per heavy atom. The highest BCUT2D eigenvalue weighted by Crippen LogP contribution is 2.38. The number of rotatable bonds is 4. The van der Waals surface area contributed by atoms with E-state index in [-0.39, 0.29) is 17.4 Å². The van der Waals surface area contributed by atoms with E-state index in [1.807, 2.05) is 89.7 Å². The number of hydrogen-bond acceptors (Lipinski definition) is 4. The minimum Gasteiger partial charge on any atom is -0.508 e. The first kappa shape index (κ1) is 25.8. The molecule has 4 rings (SSSR count). The summed E-state index contributed by atoms with van der Waals surface area (Å²) in [4.78, 5) is 13.0. The van der Waals surface area contributed by atoms with Gasteiger partial charge in [0.25, 0.3) is 0 Å². The lowest BCUT2D eigenvalue weighted by Gasteiger charge is -2.15. The number of hydrogen-bond donors (Lipinski definition) is 1. The van der Waals surface area contributed by atoms with E-state index >= 15 is 0 Å². The lowest BCUT2D eigenvalue weighted by atomic mass is 9.98. The molecule has 0 aliphatic rings. The van der Waals surface area contributed by atoms with Gasteiger partial charge in [0.1, 0.15) is 11.5 Å². The second-order valence-electron chi connectivity index (χ2n) is 7.50. The molecule has 33 heavy (non-hydrogen) atoms. The number of aromatic hydroxyl groups is 1. The zero-order valence-electron chi connectivity index (χ0n) is 21.2. The van der Waals surface area contributed by atoms with Crippen LogP contribution in [0.1, 0.15) is 53.0 Å². The van der Waals surface area contributed by atoms with Crippen LogP contribution < -0.4 is 10.4 Å². The zero-order valence-corrected chi connectivity index (χ0v) is 21.2. The molecule has 7 nitrogen and oxygen atoms in total. The number of benzene rings is 2. The molecular formula is C26H36N4O3. The van der Waals surface area contributed by atoms with Crippen molar-refractivity contribution in [3.05, 3.63) is 58.6 Å². The van der Waals surface area contributed by atoms with Crippen molar-refractivity contribution in [3.63, 3.8) is 0 Å². The first-order chi connectivity index (χ1) is 15.8. The second kappa shape index (κ2) is 10.9. The predicted octanol–water partition coefficient (Wildman–Crippen LogP) is 5.62. The van der Waals surface area contributed by atoms with Crippen molar-refractivity contribution < 1.29 is 9.84 Å². The summed E-state index contributed by atoms with van der Waals surface area (Å²) in [6.07, 6.45) is 1.99. The van der Waals surface area contributed by atoms with Gasteiger partial charge in [-0.15, -0.1) is 5.10 Å². The maximum atomic E-state index is 13.0. The molecule has 1 N–H and O–H groups in total. The average Bonchev–Trinajstić information content (AvgIpc) is 3.34. The summed E-state index contributed by atoms with van der Waals surface area (Å²) in [7, 11) is 5.15. The first-order valence-corrected chi connectivity index (χ1v) is 11.4. The van der Waals surface area contributed by atoms with Crippen LogP contribution in [0.3, 0.4) is 0 Å². The van der Waals surface area contributed by atoms with E-state index in [1.165, 1.54) is 11.8 Å². The van der Waals surface area contributed by atoms with Crippen LogP contribution in [-0.4, -0.2) is 31.1 Å². The van der Waals surface area contributed by atoms with Crippen molar-refractivity contribution >= 4 is 10.9 Å². The van der Waals surface area contributed by atoms with Gasteiger partial charge in [0.2, 0.25) is 0 Å². The van der Waals surface area contributed by atoms with Crippen LogP contribution >= 0.6 is 0 Å². The van der Waals surface area contributed by atoms with E-state index in [0.29, 0.717) is 17.1 Å². The van der Waals surface area contributed by atoms with Crippen LogP contribution in [0.4, 0.5) is 0 Å². The quantitative estimate of drug-likeness (QED) is 0.436. The Kier molecular flexibility index (Phi) is 8.51. The number of phenolic OH excluding ortho intramolecular Hbond substituents is 1. The van der Waals surface area contributed by atoms with Crippen LogP contribution in [0.15, 0.2) is 47.4 Å². The van der Waals surface area contributed by atoms with Gasteiger partial charge in [-0.05, 0) is 41.8 Å². The number of fused-ring (bicyclic) bond motifs is 1. The van der Waals surface area contributed by atoms with Gasteiger partial charge in [-0.3, -0.25) is 0 Å². The Balaban J connectivity index is 0.000000914. The molecule has 0 aliphatic carbocycles. The Morgan fingerprint density at radius 1 is 1.00 bits per heavy atom. The lowest BCUT2D eigenvalue weighted by Crippen LogP contribution is -2.21. The topological polar surface area (TPSA) is 74.2 Å². The maximum absolute atomic E-state index is 13.0. The Bertz CT molecular complexity index is 1280. The highest BCUT2D eigenvalue weighted by Gasteiger charge is 2.21. The van der Waals surface area contributed by atoms with Gasteiger partial charge in [-0.2, -0.15) is 0 Å². The summed E-state index contributed by atoms with van der Waals surface area (Å²) in [6, 6.07) is 11.3. The molecule has 0 aliphatic heterocycles. The Morgan fingerprint density at radius 3 is 2.27 bits per heavy atom. The molecule has 178 valence electrons. The number of aryl methyl sites for hydroxylation is 2. The SMILES string of the molecule is CC.CC.COc1cc(O)c(C(C)C)cc1-c1nn(C)c(=O)n1-c1ccc2c(ccn2C)c1. The summed E-state index contributed by atoms with van der Waals surface area (Å²) in [6.45, 7) is 12.0. The minimum atomic E-state index is -0.253. The van der Waals surface area contributed by atoms with Crippen molar-refractivity contribution in [2.45, 2.75) is 47.5 Å². The molecule has 0 saturated carbocycles. The number of methoxy groups -OCH3 is 1. The van der Waals surface area contributed by atoms with Crippen LogP contribution in [0.2, 0.25) is 0 Å². The standard InChI is InChI=1S/C22H24N4O3.2C2H6/c1-13(2)16-11-17(20(29-5)12-19(16)27)21-23-25(4)22(28)26(21)15-6-7-18-14(10-15)8-9-24(18)3;2*1-2/h6-13,27H,1-5H3;2*1-2H3. The third-order valence-electron chi connectivity index (χ3n) is 5.26. The molecule has 0 spiro atoms. The van der Waals surface area contributed by atoms with Gasteiger partial charge in [-0.1, -0.05) is 41.5 Å². The summed E-state index contributed by atoms with van der Waals surface area (Å²) in [5, 5.41) is 15.9. The molecule has 0 saturated heterocycles. The molecule has 0 radical (unpaired) electrons. The summed E-state index contributed by atoms with van der Waals surface area (Å²) in [5.41, 5.74) is 2.97. The maximum Gasteiger partial charge on any atom is 0.350 e. The highest BCUT2D eigenvalue weighted by atomic mass is 16.5. The lowest BCUT2D eigenvalue weighted by molar-refractivity contribution is 0.407. The fraction of sp³-hybridized carbons (Fsp3) is 0.385. The fourth-order valence-corrected chi connectivity index (χ4v) is 3.67. The van der Waals surface area contributed by atoms with Crippen LogP contribution in [-0.2, 0) is 14.1 Å². The minimum absolute atomic E-state index is 0.101. The normalized spacial score (nSPS) is 10.5. The fourth-order valence-electron chi connectivity index (χ4n) is 3.67. The molecule has 2 aromatic carbocycles. The van der Waals surface area contributed by atoms with Gasteiger partial charge >= 0.3 is 5.69 Å². The van der Waals surface area contributed by atoms with Gasteiger partial charge in [0.05, 0.1) is 18.4 Å². The van der Waals surface area contributed by atoms with E-state index in [0.717, 1.165) is 22.2 Å². The van der Waals surface area contributed by atoms with Crippen LogP contribution in [0.5, 0.6) is 11.5 Å².